The predicted octanol–water partition coefficient (Wildman–Crippen LogP) is 1.39. The number of carbonyl (C=O) groups excluding carboxylic acids is 1. The topological polar surface area (TPSA) is 41.1 Å². The molecule has 0 radical (unpaired) electrons. The van der Waals surface area contributed by atoms with Crippen LogP contribution in [0.15, 0.2) is 22.7 Å². The lowest BCUT2D eigenvalue weighted by Gasteiger charge is -2.24. The van der Waals surface area contributed by atoms with Gasteiger partial charge in [0, 0.05) is 17.1 Å². The summed E-state index contributed by atoms with van der Waals surface area (Å²) in [5.41, 5.74) is 2.55. The fourth-order valence-corrected chi connectivity index (χ4v) is 2.12. The van der Waals surface area contributed by atoms with Gasteiger partial charge in [-0.15, -0.1) is 0 Å². The molecule has 2 rings (SSSR count). The second kappa shape index (κ2) is 4.97. The standard InChI is InChI=1S/C12H15BrN2O/c1-8-4-9(2-3-11(8)13)5-10-6-15-12(16)7-14-10/h2-4,10,14H,5-7H2,1H3,(H,15,16). The zero-order chi connectivity index (χ0) is 11.5. The molecule has 1 atom stereocenters. The molecule has 1 amide bonds. The van der Waals surface area contributed by atoms with Crippen LogP contribution in [0.1, 0.15) is 11.1 Å². The van der Waals surface area contributed by atoms with Crippen molar-refractivity contribution in [3.05, 3.63) is 33.8 Å². The van der Waals surface area contributed by atoms with Gasteiger partial charge in [-0.25, -0.2) is 0 Å². The Morgan fingerprint density at radius 1 is 1.50 bits per heavy atom. The molecule has 86 valence electrons. The molecule has 0 bridgehead atoms. The number of amides is 1. The molecule has 1 aliphatic heterocycles. The molecule has 1 fully saturated rings. The summed E-state index contributed by atoms with van der Waals surface area (Å²) in [4.78, 5) is 11.0. The van der Waals surface area contributed by atoms with Gasteiger partial charge < -0.3 is 10.6 Å². The number of hydrogen-bond acceptors (Lipinski definition) is 2. The summed E-state index contributed by atoms with van der Waals surface area (Å²) < 4.78 is 1.14. The van der Waals surface area contributed by atoms with Crippen molar-refractivity contribution >= 4 is 21.8 Å². The SMILES string of the molecule is Cc1cc(CC2CNC(=O)CN2)ccc1Br. The van der Waals surface area contributed by atoms with Gasteiger partial charge in [0.2, 0.25) is 5.91 Å². The van der Waals surface area contributed by atoms with E-state index < -0.39 is 0 Å². The number of carbonyl (C=O) groups is 1. The van der Waals surface area contributed by atoms with Gasteiger partial charge in [0.25, 0.3) is 0 Å². The number of piperazine rings is 1. The molecule has 1 saturated heterocycles. The zero-order valence-electron chi connectivity index (χ0n) is 9.22. The highest BCUT2D eigenvalue weighted by Crippen LogP contribution is 2.18. The van der Waals surface area contributed by atoms with Crippen molar-refractivity contribution in [3.8, 4) is 0 Å². The smallest absolute Gasteiger partial charge is 0.234 e. The minimum Gasteiger partial charge on any atom is -0.353 e. The lowest BCUT2D eigenvalue weighted by molar-refractivity contribution is -0.121. The van der Waals surface area contributed by atoms with Crippen LogP contribution in [0.25, 0.3) is 0 Å². The average molecular weight is 283 g/mol. The number of aryl methyl sites for hydroxylation is 1. The third kappa shape index (κ3) is 2.83. The lowest BCUT2D eigenvalue weighted by atomic mass is 10.0. The fourth-order valence-electron chi connectivity index (χ4n) is 1.87. The Kier molecular flexibility index (Phi) is 3.61. The molecule has 2 N–H and O–H groups in total. The first-order valence-corrected chi connectivity index (χ1v) is 6.19. The van der Waals surface area contributed by atoms with Gasteiger partial charge in [0.05, 0.1) is 6.54 Å². The van der Waals surface area contributed by atoms with Crippen LogP contribution >= 0.6 is 15.9 Å². The van der Waals surface area contributed by atoms with Gasteiger partial charge in [-0.05, 0) is 30.5 Å². The quantitative estimate of drug-likeness (QED) is 0.861. The first-order valence-electron chi connectivity index (χ1n) is 5.40. The summed E-state index contributed by atoms with van der Waals surface area (Å²) >= 11 is 3.49. The lowest BCUT2D eigenvalue weighted by Crippen LogP contribution is -2.52. The molecule has 1 heterocycles. The molecule has 0 spiro atoms. The van der Waals surface area contributed by atoms with Gasteiger partial charge in [0.15, 0.2) is 0 Å². The van der Waals surface area contributed by atoms with Crippen molar-refractivity contribution in [1.82, 2.24) is 10.6 Å². The Balaban J connectivity index is 1.98. The molecule has 3 nitrogen and oxygen atoms in total. The first kappa shape index (κ1) is 11.6. The van der Waals surface area contributed by atoms with Crippen LogP contribution < -0.4 is 10.6 Å². The molecular weight excluding hydrogens is 268 g/mol. The van der Waals surface area contributed by atoms with Crippen LogP contribution in [-0.2, 0) is 11.2 Å². The number of halogens is 1. The Morgan fingerprint density at radius 3 is 2.94 bits per heavy atom. The highest BCUT2D eigenvalue weighted by atomic mass is 79.9. The van der Waals surface area contributed by atoms with Gasteiger partial charge in [-0.1, -0.05) is 28.1 Å². The molecule has 1 unspecified atom stereocenters. The maximum absolute atomic E-state index is 11.0. The maximum Gasteiger partial charge on any atom is 0.234 e. The largest absolute Gasteiger partial charge is 0.353 e. The minimum absolute atomic E-state index is 0.0863. The van der Waals surface area contributed by atoms with Crippen LogP contribution in [0.5, 0.6) is 0 Å². The molecule has 0 saturated carbocycles. The third-order valence-corrected chi connectivity index (χ3v) is 3.69. The van der Waals surface area contributed by atoms with Crippen molar-refractivity contribution in [3.63, 3.8) is 0 Å². The van der Waals surface area contributed by atoms with E-state index in [1.807, 2.05) is 0 Å². The summed E-state index contributed by atoms with van der Waals surface area (Å²) in [5.74, 6) is 0.0863. The van der Waals surface area contributed by atoms with Crippen molar-refractivity contribution in [2.24, 2.45) is 0 Å². The van der Waals surface area contributed by atoms with E-state index in [4.69, 9.17) is 0 Å². The van der Waals surface area contributed by atoms with E-state index in [-0.39, 0.29) is 5.91 Å². The zero-order valence-corrected chi connectivity index (χ0v) is 10.8. The number of rotatable bonds is 2. The third-order valence-electron chi connectivity index (χ3n) is 2.80. The van der Waals surface area contributed by atoms with E-state index in [9.17, 15) is 4.79 Å². The van der Waals surface area contributed by atoms with E-state index >= 15 is 0 Å². The van der Waals surface area contributed by atoms with Crippen molar-refractivity contribution in [2.45, 2.75) is 19.4 Å². The molecule has 0 aromatic heterocycles. The van der Waals surface area contributed by atoms with E-state index in [0.29, 0.717) is 19.1 Å². The van der Waals surface area contributed by atoms with Gasteiger partial charge in [-0.2, -0.15) is 0 Å². The summed E-state index contributed by atoms with van der Waals surface area (Å²) in [6.07, 6.45) is 0.953. The first-order chi connectivity index (χ1) is 7.65. The van der Waals surface area contributed by atoms with Crippen LogP contribution in [0.4, 0.5) is 0 Å². The second-order valence-electron chi connectivity index (χ2n) is 4.17. The molecule has 1 aromatic rings. The molecular formula is C12H15BrN2O. The molecule has 1 aromatic carbocycles. The minimum atomic E-state index is 0.0863. The predicted molar refractivity (Wildman–Crippen MR) is 67.4 cm³/mol. The van der Waals surface area contributed by atoms with E-state index in [1.165, 1.54) is 11.1 Å². The highest BCUT2D eigenvalue weighted by Gasteiger charge is 2.17. The Morgan fingerprint density at radius 2 is 2.31 bits per heavy atom. The average Bonchev–Trinajstić information content (AvgIpc) is 2.27. The van der Waals surface area contributed by atoms with E-state index in [0.717, 1.165) is 10.9 Å². The normalized spacial score (nSPS) is 20.6. The van der Waals surface area contributed by atoms with Crippen LogP contribution in [-0.4, -0.2) is 25.0 Å². The van der Waals surface area contributed by atoms with E-state index in [2.05, 4.69) is 51.7 Å². The number of nitrogens with one attached hydrogen (secondary N) is 2. The summed E-state index contributed by atoms with van der Waals surface area (Å²) in [7, 11) is 0. The molecule has 16 heavy (non-hydrogen) atoms. The Hall–Kier alpha value is -0.870. The monoisotopic (exact) mass is 282 g/mol. The van der Waals surface area contributed by atoms with Crippen molar-refractivity contribution in [2.75, 3.05) is 13.1 Å². The number of benzene rings is 1. The maximum atomic E-state index is 11.0. The van der Waals surface area contributed by atoms with Crippen LogP contribution in [0.3, 0.4) is 0 Å². The molecule has 1 aliphatic rings. The van der Waals surface area contributed by atoms with Crippen molar-refractivity contribution < 1.29 is 4.79 Å². The van der Waals surface area contributed by atoms with E-state index in [1.54, 1.807) is 0 Å². The van der Waals surface area contributed by atoms with Crippen LogP contribution in [0, 0.1) is 6.92 Å². The second-order valence-corrected chi connectivity index (χ2v) is 5.02. The summed E-state index contributed by atoms with van der Waals surface area (Å²) in [6.45, 7) is 3.23. The molecule has 4 heteroatoms. The van der Waals surface area contributed by atoms with Crippen LogP contribution in [0.2, 0.25) is 0 Å². The Labute approximate surface area is 104 Å². The highest BCUT2D eigenvalue weighted by molar-refractivity contribution is 9.10. The number of hydrogen-bond donors (Lipinski definition) is 2. The van der Waals surface area contributed by atoms with Gasteiger partial charge >= 0.3 is 0 Å². The fraction of sp³-hybridized carbons (Fsp3) is 0.417. The summed E-state index contributed by atoms with van der Waals surface area (Å²) in [5, 5.41) is 6.10. The van der Waals surface area contributed by atoms with Crippen molar-refractivity contribution in [1.29, 1.82) is 0 Å². The van der Waals surface area contributed by atoms with Gasteiger partial charge in [0.1, 0.15) is 0 Å². The van der Waals surface area contributed by atoms with Gasteiger partial charge in [-0.3, -0.25) is 4.79 Å². The molecule has 0 aliphatic carbocycles. The summed E-state index contributed by atoms with van der Waals surface area (Å²) in [6, 6.07) is 6.72. The Bertz CT molecular complexity index is 396.